The third kappa shape index (κ3) is 8.60. The summed E-state index contributed by atoms with van der Waals surface area (Å²) in [6, 6.07) is 16.7. The highest BCUT2D eigenvalue weighted by Crippen LogP contribution is 2.15. The molecule has 0 radical (unpaired) electrons. The molecule has 0 saturated heterocycles. The number of anilines is 1. The Morgan fingerprint density at radius 1 is 0.933 bits per heavy atom. The minimum atomic E-state index is -0.657. The smallest absolute Gasteiger partial charge is 0.408 e. The minimum Gasteiger partial charge on any atom is -0.444 e. The summed E-state index contributed by atoms with van der Waals surface area (Å²) < 4.78 is 5.08. The van der Waals surface area contributed by atoms with Gasteiger partial charge in [0.15, 0.2) is 0 Å². The Labute approximate surface area is 176 Å². The molecule has 2 aromatic carbocycles. The Morgan fingerprint density at radius 3 is 2.30 bits per heavy atom. The Balaban J connectivity index is 1.86. The number of rotatable bonds is 7. The first kappa shape index (κ1) is 22.7. The van der Waals surface area contributed by atoms with E-state index in [0.29, 0.717) is 5.69 Å². The SMILES string of the molecule is CC(C)(C)OC(=O)NCC(=O)NCc1ccccc1NC(=O)/C=C/c1ccccc1. The molecular formula is C23H27N3O4. The van der Waals surface area contributed by atoms with Gasteiger partial charge in [-0.1, -0.05) is 48.5 Å². The van der Waals surface area contributed by atoms with E-state index in [2.05, 4.69) is 16.0 Å². The molecule has 0 saturated carbocycles. The average Bonchev–Trinajstić information content (AvgIpc) is 2.69. The fourth-order valence-electron chi connectivity index (χ4n) is 2.43. The standard InChI is InChI=1S/C23H27N3O4/c1-23(2,3)30-22(29)25-16-21(28)24-15-18-11-7-8-12-19(18)26-20(27)14-13-17-9-5-4-6-10-17/h4-14H,15-16H2,1-3H3,(H,24,28)(H,25,29)(H,26,27)/b14-13+. The first-order valence-electron chi connectivity index (χ1n) is 9.58. The molecule has 0 aromatic heterocycles. The van der Waals surface area contributed by atoms with E-state index in [9.17, 15) is 14.4 Å². The van der Waals surface area contributed by atoms with Gasteiger partial charge in [0.2, 0.25) is 11.8 Å². The van der Waals surface area contributed by atoms with Crippen molar-refractivity contribution in [2.24, 2.45) is 0 Å². The summed E-state index contributed by atoms with van der Waals surface area (Å²) in [5, 5.41) is 7.93. The van der Waals surface area contributed by atoms with E-state index in [1.807, 2.05) is 36.4 Å². The molecular weight excluding hydrogens is 382 g/mol. The third-order valence-electron chi connectivity index (χ3n) is 3.77. The second-order valence-corrected chi connectivity index (χ2v) is 7.52. The van der Waals surface area contributed by atoms with Crippen molar-refractivity contribution < 1.29 is 19.1 Å². The molecule has 0 atom stereocenters. The van der Waals surface area contributed by atoms with Crippen molar-refractivity contribution in [1.29, 1.82) is 0 Å². The lowest BCUT2D eigenvalue weighted by Gasteiger charge is -2.19. The Kier molecular flexibility index (Phi) is 8.17. The maximum Gasteiger partial charge on any atom is 0.408 e. The van der Waals surface area contributed by atoms with Crippen LogP contribution < -0.4 is 16.0 Å². The van der Waals surface area contributed by atoms with Crippen LogP contribution in [0, 0.1) is 0 Å². The highest BCUT2D eigenvalue weighted by molar-refractivity contribution is 6.02. The number of carbonyl (C=O) groups is 3. The van der Waals surface area contributed by atoms with Crippen molar-refractivity contribution in [2.75, 3.05) is 11.9 Å². The van der Waals surface area contributed by atoms with Crippen LogP contribution in [0.4, 0.5) is 10.5 Å². The van der Waals surface area contributed by atoms with E-state index in [-0.39, 0.29) is 24.9 Å². The van der Waals surface area contributed by atoms with Crippen molar-refractivity contribution in [3.63, 3.8) is 0 Å². The highest BCUT2D eigenvalue weighted by Gasteiger charge is 2.16. The van der Waals surface area contributed by atoms with Crippen LogP contribution in [0.2, 0.25) is 0 Å². The average molecular weight is 409 g/mol. The van der Waals surface area contributed by atoms with Gasteiger partial charge in [0, 0.05) is 18.3 Å². The first-order chi connectivity index (χ1) is 14.2. The zero-order valence-electron chi connectivity index (χ0n) is 17.4. The normalized spacial score (nSPS) is 11.0. The van der Waals surface area contributed by atoms with Gasteiger partial charge in [-0.3, -0.25) is 9.59 Å². The van der Waals surface area contributed by atoms with Gasteiger partial charge >= 0.3 is 6.09 Å². The van der Waals surface area contributed by atoms with E-state index in [1.54, 1.807) is 45.0 Å². The van der Waals surface area contributed by atoms with Gasteiger partial charge < -0.3 is 20.7 Å². The van der Waals surface area contributed by atoms with Gasteiger partial charge in [0.1, 0.15) is 12.1 Å². The zero-order chi connectivity index (χ0) is 22.0. The quantitative estimate of drug-likeness (QED) is 0.610. The number of para-hydroxylation sites is 1. The van der Waals surface area contributed by atoms with Crippen LogP contribution in [0.3, 0.4) is 0 Å². The molecule has 158 valence electrons. The number of amides is 3. The maximum absolute atomic E-state index is 12.2. The monoisotopic (exact) mass is 409 g/mol. The summed E-state index contributed by atoms with van der Waals surface area (Å²) >= 11 is 0. The first-order valence-corrected chi connectivity index (χ1v) is 9.58. The zero-order valence-corrected chi connectivity index (χ0v) is 17.4. The molecule has 30 heavy (non-hydrogen) atoms. The molecule has 0 bridgehead atoms. The van der Waals surface area contributed by atoms with Gasteiger partial charge in [-0.25, -0.2) is 4.79 Å². The van der Waals surface area contributed by atoms with Crippen LogP contribution in [0.1, 0.15) is 31.9 Å². The Hall–Kier alpha value is -3.61. The third-order valence-corrected chi connectivity index (χ3v) is 3.77. The van der Waals surface area contributed by atoms with Gasteiger partial charge in [-0.15, -0.1) is 0 Å². The van der Waals surface area contributed by atoms with Crippen molar-refractivity contribution in [2.45, 2.75) is 32.9 Å². The summed E-state index contributed by atoms with van der Waals surface area (Å²) in [7, 11) is 0. The fraction of sp³-hybridized carbons (Fsp3) is 0.261. The second-order valence-electron chi connectivity index (χ2n) is 7.52. The summed E-state index contributed by atoms with van der Waals surface area (Å²) in [5.74, 6) is -0.643. The van der Waals surface area contributed by atoms with Gasteiger partial charge in [-0.2, -0.15) is 0 Å². The molecule has 0 heterocycles. The van der Waals surface area contributed by atoms with E-state index >= 15 is 0 Å². The molecule has 0 unspecified atom stereocenters. The van der Waals surface area contributed by atoms with Crippen LogP contribution in [-0.4, -0.2) is 30.1 Å². The number of hydrogen-bond acceptors (Lipinski definition) is 4. The number of nitrogens with one attached hydrogen (secondary N) is 3. The number of hydrogen-bond donors (Lipinski definition) is 3. The molecule has 2 rings (SSSR count). The van der Waals surface area contributed by atoms with Gasteiger partial charge in [-0.05, 0) is 44.0 Å². The lowest BCUT2D eigenvalue weighted by atomic mass is 10.1. The van der Waals surface area contributed by atoms with Crippen LogP contribution in [0.5, 0.6) is 0 Å². The number of carbonyl (C=O) groups excluding carboxylic acids is 3. The molecule has 7 nitrogen and oxygen atoms in total. The van der Waals surface area contributed by atoms with E-state index in [1.165, 1.54) is 6.08 Å². The van der Waals surface area contributed by atoms with Crippen LogP contribution in [0.25, 0.3) is 6.08 Å². The summed E-state index contributed by atoms with van der Waals surface area (Å²) in [6.07, 6.45) is 2.52. The number of benzene rings is 2. The van der Waals surface area contributed by atoms with Crippen molar-refractivity contribution in [1.82, 2.24) is 10.6 Å². The molecule has 2 aromatic rings. The van der Waals surface area contributed by atoms with E-state index < -0.39 is 11.7 Å². The lowest BCUT2D eigenvalue weighted by molar-refractivity contribution is -0.120. The van der Waals surface area contributed by atoms with Crippen molar-refractivity contribution in [3.05, 3.63) is 71.8 Å². The summed E-state index contributed by atoms with van der Waals surface area (Å²) in [6.45, 7) is 5.23. The molecule has 0 spiro atoms. The second kappa shape index (κ2) is 10.8. The Morgan fingerprint density at radius 2 is 1.60 bits per heavy atom. The molecule has 0 aliphatic rings. The van der Waals surface area contributed by atoms with Crippen molar-refractivity contribution >= 4 is 29.7 Å². The molecule has 7 heteroatoms. The van der Waals surface area contributed by atoms with Gasteiger partial charge in [0.25, 0.3) is 0 Å². The molecule has 0 aliphatic heterocycles. The van der Waals surface area contributed by atoms with Crippen LogP contribution >= 0.6 is 0 Å². The predicted octanol–water partition coefficient (Wildman–Crippen LogP) is 3.48. The number of ether oxygens (including phenoxy) is 1. The fourth-order valence-corrected chi connectivity index (χ4v) is 2.43. The summed E-state index contributed by atoms with van der Waals surface area (Å²) in [5.41, 5.74) is 1.63. The molecule has 3 amide bonds. The van der Waals surface area contributed by atoms with Gasteiger partial charge in [0.05, 0.1) is 0 Å². The molecule has 0 aliphatic carbocycles. The minimum absolute atomic E-state index is 0.202. The largest absolute Gasteiger partial charge is 0.444 e. The predicted molar refractivity (Wildman–Crippen MR) is 117 cm³/mol. The molecule has 3 N–H and O–H groups in total. The Bertz CT molecular complexity index is 902. The maximum atomic E-state index is 12.2. The van der Waals surface area contributed by atoms with Crippen LogP contribution in [0.15, 0.2) is 60.7 Å². The van der Waals surface area contributed by atoms with Crippen molar-refractivity contribution in [3.8, 4) is 0 Å². The highest BCUT2D eigenvalue weighted by atomic mass is 16.6. The summed E-state index contributed by atoms with van der Waals surface area (Å²) in [4.78, 5) is 35.8. The molecule has 0 fully saturated rings. The van der Waals surface area contributed by atoms with E-state index in [0.717, 1.165) is 11.1 Å². The van der Waals surface area contributed by atoms with E-state index in [4.69, 9.17) is 4.74 Å². The van der Waals surface area contributed by atoms with Crippen LogP contribution in [-0.2, 0) is 20.9 Å². The lowest BCUT2D eigenvalue weighted by Crippen LogP contribution is -2.39. The number of alkyl carbamates (subject to hydrolysis) is 1. The topological polar surface area (TPSA) is 96.5 Å².